The summed E-state index contributed by atoms with van der Waals surface area (Å²) >= 11 is 0. The molecule has 0 fully saturated rings. The van der Waals surface area contributed by atoms with Crippen LogP contribution < -0.4 is 10.5 Å². The fraction of sp³-hybridized carbons (Fsp3) is 0.250. The Labute approximate surface area is 125 Å². The van der Waals surface area contributed by atoms with Gasteiger partial charge in [0.1, 0.15) is 10.7 Å². The van der Waals surface area contributed by atoms with Crippen molar-refractivity contribution in [3.8, 4) is 0 Å². The number of fused-ring (bicyclic) bond motifs is 1. The van der Waals surface area contributed by atoms with Crippen LogP contribution in [0.15, 0.2) is 34.3 Å². The van der Waals surface area contributed by atoms with Crippen LogP contribution in [-0.2, 0) is 16.6 Å². The molecule has 116 valence electrons. The predicted octanol–water partition coefficient (Wildman–Crippen LogP) is 0.199. The van der Waals surface area contributed by atoms with Gasteiger partial charge in [-0.05, 0) is 6.07 Å². The van der Waals surface area contributed by atoms with Crippen molar-refractivity contribution in [2.24, 2.45) is 10.1 Å². The van der Waals surface area contributed by atoms with E-state index in [1.807, 2.05) is 0 Å². The van der Waals surface area contributed by atoms with Crippen LogP contribution in [0.3, 0.4) is 0 Å². The molecule has 22 heavy (non-hydrogen) atoms. The molecule has 1 aliphatic heterocycles. The van der Waals surface area contributed by atoms with Gasteiger partial charge in [-0.1, -0.05) is 0 Å². The highest BCUT2D eigenvalue weighted by molar-refractivity contribution is 7.89. The van der Waals surface area contributed by atoms with Gasteiger partial charge in [0.15, 0.2) is 0 Å². The minimum Gasteiger partial charge on any atom is -0.370 e. The number of amidine groups is 1. The highest BCUT2D eigenvalue weighted by atomic mass is 32.2. The highest BCUT2D eigenvalue weighted by Gasteiger charge is 2.21. The number of nitrogens with one attached hydrogen (secondary N) is 1. The van der Waals surface area contributed by atoms with Crippen molar-refractivity contribution >= 4 is 32.4 Å². The van der Waals surface area contributed by atoms with E-state index in [1.54, 1.807) is 4.57 Å². The SMILES string of the molecule is NS(=O)(=O)c1cn(CC2=NCCN2)c2ccc([N+](=O)[O-])cc12. The van der Waals surface area contributed by atoms with Gasteiger partial charge in [0, 0.05) is 30.3 Å². The minimum atomic E-state index is -3.99. The summed E-state index contributed by atoms with van der Waals surface area (Å²) in [6, 6.07) is 4.06. The number of nitrogens with two attached hydrogens (primary N) is 1. The van der Waals surface area contributed by atoms with E-state index in [-0.39, 0.29) is 16.0 Å². The van der Waals surface area contributed by atoms with E-state index in [2.05, 4.69) is 10.3 Å². The molecule has 1 aromatic heterocycles. The summed E-state index contributed by atoms with van der Waals surface area (Å²) in [6.07, 6.45) is 1.38. The molecule has 0 atom stereocenters. The van der Waals surface area contributed by atoms with E-state index in [4.69, 9.17) is 5.14 Å². The lowest BCUT2D eigenvalue weighted by Crippen LogP contribution is -2.23. The van der Waals surface area contributed by atoms with Crippen LogP contribution in [0.5, 0.6) is 0 Å². The summed E-state index contributed by atoms with van der Waals surface area (Å²) in [4.78, 5) is 14.4. The third kappa shape index (κ3) is 2.53. The van der Waals surface area contributed by atoms with E-state index in [1.165, 1.54) is 24.4 Å². The molecular weight excluding hydrogens is 310 g/mol. The number of non-ortho nitro benzene ring substituents is 1. The summed E-state index contributed by atoms with van der Waals surface area (Å²) < 4.78 is 25.1. The quantitative estimate of drug-likeness (QED) is 0.612. The Morgan fingerprint density at radius 2 is 2.23 bits per heavy atom. The standard InChI is InChI=1S/C12H13N5O4S/c13-22(20,21)11-6-16(7-12-14-3-4-15-12)10-2-1-8(17(18)19)5-9(10)11/h1-2,5-6H,3-4,7H2,(H,14,15)(H2,13,20,21). The van der Waals surface area contributed by atoms with Gasteiger partial charge < -0.3 is 9.88 Å². The molecule has 3 N–H and O–H groups in total. The lowest BCUT2D eigenvalue weighted by atomic mass is 10.2. The molecule has 2 aromatic rings. The van der Waals surface area contributed by atoms with Crippen LogP contribution in [0.2, 0.25) is 0 Å². The van der Waals surface area contributed by atoms with E-state index in [0.717, 1.165) is 12.4 Å². The molecule has 0 spiro atoms. The van der Waals surface area contributed by atoms with Gasteiger partial charge in [0.2, 0.25) is 10.0 Å². The fourth-order valence-electron chi connectivity index (χ4n) is 2.44. The summed E-state index contributed by atoms with van der Waals surface area (Å²) in [5, 5.41) is 19.4. The van der Waals surface area contributed by atoms with Gasteiger partial charge >= 0.3 is 0 Å². The highest BCUT2D eigenvalue weighted by Crippen LogP contribution is 2.28. The zero-order valence-corrected chi connectivity index (χ0v) is 12.2. The predicted molar refractivity (Wildman–Crippen MR) is 80.3 cm³/mol. The molecule has 9 nitrogen and oxygen atoms in total. The third-order valence-electron chi connectivity index (χ3n) is 3.41. The van der Waals surface area contributed by atoms with Crippen LogP contribution in [0.4, 0.5) is 5.69 Å². The van der Waals surface area contributed by atoms with Gasteiger partial charge in [0.25, 0.3) is 5.69 Å². The molecule has 2 heterocycles. The van der Waals surface area contributed by atoms with Crippen molar-refractivity contribution in [1.29, 1.82) is 0 Å². The van der Waals surface area contributed by atoms with Crippen LogP contribution in [0.1, 0.15) is 0 Å². The Morgan fingerprint density at radius 1 is 1.45 bits per heavy atom. The number of sulfonamides is 1. The molecule has 0 amide bonds. The van der Waals surface area contributed by atoms with Crippen molar-refractivity contribution in [2.75, 3.05) is 13.1 Å². The Hall–Kier alpha value is -2.46. The van der Waals surface area contributed by atoms with E-state index < -0.39 is 14.9 Å². The normalized spacial score (nSPS) is 14.9. The van der Waals surface area contributed by atoms with Gasteiger partial charge in [-0.25, -0.2) is 13.6 Å². The molecule has 1 aliphatic rings. The topological polar surface area (TPSA) is 133 Å². The number of nitrogens with zero attached hydrogens (tertiary/aromatic N) is 3. The second kappa shape index (κ2) is 5.07. The summed E-state index contributed by atoms with van der Waals surface area (Å²) in [5.74, 6) is 0.733. The number of primary sulfonamides is 1. The van der Waals surface area contributed by atoms with Crippen molar-refractivity contribution in [3.63, 3.8) is 0 Å². The second-order valence-electron chi connectivity index (χ2n) is 4.88. The molecule has 0 saturated carbocycles. The van der Waals surface area contributed by atoms with Gasteiger partial charge in [-0.15, -0.1) is 0 Å². The molecule has 1 aromatic carbocycles. The molecule has 10 heteroatoms. The van der Waals surface area contributed by atoms with E-state index >= 15 is 0 Å². The van der Waals surface area contributed by atoms with Crippen molar-refractivity contribution in [3.05, 3.63) is 34.5 Å². The Balaban J connectivity index is 2.19. The number of nitro groups is 1. The Bertz CT molecular complexity index is 900. The van der Waals surface area contributed by atoms with Crippen molar-refractivity contribution in [1.82, 2.24) is 9.88 Å². The smallest absolute Gasteiger partial charge is 0.270 e. The van der Waals surface area contributed by atoms with Crippen molar-refractivity contribution in [2.45, 2.75) is 11.4 Å². The summed E-state index contributed by atoms with van der Waals surface area (Å²) in [5.41, 5.74) is 0.359. The van der Waals surface area contributed by atoms with Crippen molar-refractivity contribution < 1.29 is 13.3 Å². The zero-order chi connectivity index (χ0) is 15.9. The van der Waals surface area contributed by atoms with Gasteiger partial charge in [0.05, 0.1) is 23.5 Å². The first-order chi connectivity index (χ1) is 10.4. The molecule has 0 aliphatic carbocycles. The largest absolute Gasteiger partial charge is 0.370 e. The molecular formula is C12H13N5O4S. The molecule has 0 bridgehead atoms. The lowest BCUT2D eigenvalue weighted by Gasteiger charge is -2.05. The minimum absolute atomic E-state index is 0.134. The first-order valence-corrected chi connectivity index (χ1v) is 7.98. The number of hydrogen-bond acceptors (Lipinski definition) is 6. The molecule has 0 unspecified atom stereocenters. The number of benzene rings is 1. The maximum absolute atomic E-state index is 11.7. The average Bonchev–Trinajstić information content (AvgIpc) is 3.06. The average molecular weight is 323 g/mol. The van der Waals surface area contributed by atoms with Crippen LogP contribution >= 0.6 is 0 Å². The number of aliphatic imine (C=N–C) groups is 1. The second-order valence-corrected chi connectivity index (χ2v) is 6.41. The summed E-state index contributed by atoms with van der Waals surface area (Å²) in [6.45, 7) is 1.76. The number of hydrogen-bond donors (Lipinski definition) is 2. The number of aromatic nitrogens is 1. The molecule has 3 rings (SSSR count). The van der Waals surface area contributed by atoms with Crippen LogP contribution in [0, 0.1) is 10.1 Å². The molecule has 0 radical (unpaired) electrons. The Kier molecular flexibility index (Phi) is 3.34. The lowest BCUT2D eigenvalue weighted by molar-refractivity contribution is -0.384. The number of nitro benzene ring substituents is 1. The van der Waals surface area contributed by atoms with E-state index in [9.17, 15) is 18.5 Å². The van der Waals surface area contributed by atoms with Gasteiger partial charge in [-0.2, -0.15) is 0 Å². The summed E-state index contributed by atoms with van der Waals surface area (Å²) in [7, 11) is -3.99. The Morgan fingerprint density at radius 3 is 2.82 bits per heavy atom. The maximum atomic E-state index is 11.7. The molecule has 0 saturated heterocycles. The first-order valence-electron chi connectivity index (χ1n) is 6.43. The van der Waals surface area contributed by atoms with E-state index in [0.29, 0.717) is 18.6 Å². The fourth-order valence-corrected chi connectivity index (χ4v) is 3.18. The zero-order valence-electron chi connectivity index (χ0n) is 11.4. The first kappa shape index (κ1) is 14.5. The maximum Gasteiger partial charge on any atom is 0.270 e. The monoisotopic (exact) mass is 323 g/mol. The third-order valence-corrected chi connectivity index (χ3v) is 4.35. The number of rotatable bonds is 4. The van der Waals surface area contributed by atoms with Crippen LogP contribution in [-0.4, -0.2) is 36.8 Å². The van der Waals surface area contributed by atoms with Gasteiger partial charge in [-0.3, -0.25) is 15.1 Å². The van der Waals surface area contributed by atoms with Crippen LogP contribution in [0.25, 0.3) is 10.9 Å².